The predicted octanol–water partition coefficient (Wildman–Crippen LogP) is 6.28. The Balaban J connectivity index is 1.61. The third-order valence-corrected chi connectivity index (χ3v) is 6.95. The van der Waals surface area contributed by atoms with Gasteiger partial charge in [0.05, 0.1) is 38.0 Å². The van der Waals surface area contributed by atoms with Crippen LogP contribution in [0.15, 0.2) is 78.0 Å². The van der Waals surface area contributed by atoms with E-state index in [9.17, 15) is 4.79 Å². The van der Waals surface area contributed by atoms with Crippen molar-refractivity contribution in [2.45, 2.75) is 23.8 Å². The second-order valence-electron chi connectivity index (χ2n) is 7.96. The van der Waals surface area contributed by atoms with Gasteiger partial charge in [0.15, 0.2) is 5.16 Å². The SMILES string of the molecule is CCC(Sc1nc(-c2ccc(OC)cc2)c(-c2ccc(OC)cc2)[nH]1)C(=O)Nc1ccc(OC)cc1. The zero-order valence-electron chi connectivity index (χ0n) is 20.7. The molecule has 186 valence electrons. The molecule has 1 aromatic heterocycles. The van der Waals surface area contributed by atoms with Crippen molar-refractivity contribution in [3.63, 3.8) is 0 Å². The summed E-state index contributed by atoms with van der Waals surface area (Å²) in [6, 6.07) is 22.9. The van der Waals surface area contributed by atoms with Crippen LogP contribution in [0.5, 0.6) is 17.2 Å². The van der Waals surface area contributed by atoms with Crippen molar-refractivity contribution in [1.29, 1.82) is 0 Å². The molecule has 0 bridgehead atoms. The van der Waals surface area contributed by atoms with Gasteiger partial charge in [-0.15, -0.1) is 0 Å². The van der Waals surface area contributed by atoms with Gasteiger partial charge in [-0.3, -0.25) is 4.79 Å². The fourth-order valence-electron chi connectivity index (χ4n) is 3.69. The molecule has 1 unspecified atom stereocenters. The third-order valence-electron chi connectivity index (χ3n) is 5.70. The summed E-state index contributed by atoms with van der Waals surface area (Å²) < 4.78 is 15.8. The molecule has 36 heavy (non-hydrogen) atoms. The second kappa shape index (κ2) is 11.7. The van der Waals surface area contributed by atoms with E-state index in [1.807, 2.05) is 79.7 Å². The number of benzene rings is 3. The van der Waals surface area contributed by atoms with E-state index < -0.39 is 0 Å². The first-order chi connectivity index (χ1) is 17.5. The lowest BCUT2D eigenvalue weighted by atomic mass is 10.0. The topological polar surface area (TPSA) is 85.5 Å². The summed E-state index contributed by atoms with van der Waals surface area (Å²) in [5, 5.41) is 3.33. The van der Waals surface area contributed by atoms with Gasteiger partial charge in [0.1, 0.15) is 17.2 Å². The number of hydrogen-bond acceptors (Lipinski definition) is 6. The zero-order valence-corrected chi connectivity index (χ0v) is 21.5. The van der Waals surface area contributed by atoms with Crippen LogP contribution in [-0.2, 0) is 4.79 Å². The number of carbonyl (C=O) groups is 1. The minimum atomic E-state index is -0.328. The molecule has 0 radical (unpaired) electrons. The minimum Gasteiger partial charge on any atom is -0.497 e. The van der Waals surface area contributed by atoms with Gasteiger partial charge in [0.2, 0.25) is 5.91 Å². The van der Waals surface area contributed by atoms with E-state index in [0.29, 0.717) is 11.6 Å². The van der Waals surface area contributed by atoms with Crippen molar-refractivity contribution in [2.24, 2.45) is 0 Å². The van der Waals surface area contributed by atoms with Gasteiger partial charge >= 0.3 is 0 Å². The van der Waals surface area contributed by atoms with Gasteiger partial charge in [-0.05, 0) is 79.2 Å². The molecule has 8 heteroatoms. The fraction of sp³-hybridized carbons (Fsp3) is 0.214. The summed E-state index contributed by atoms with van der Waals surface area (Å²) in [7, 11) is 4.90. The van der Waals surface area contributed by atoms with Crippen LogP contribution < -0.4 is 19.5 Å². The van der Waals surface area contributed by atoms with E-state index in [4.69, 9.17) is 19.2 Å². The Hall–Kier alpha value is -3.91. The number of hydrogen-bond donors (Lipinski definition) is 2. The van der Waals surface area contributed by atoms with Crippen LogP contribution in [0.4, 0.5) is 5.69 Å². The maximum atomic E-state index is 13.0. The van der Waals surface area contributed by atoms with Crippen LogP contribution in [0.1, 0.15) is 13.3 Å². The Morgan fingerprint density at radius 1 is 0.833 bits per heavy atom. The van der Waals surface area contributed by atoms with Crippen LogP contribution in [0.2, 0.25) is 0 Å². The smallest absolute Gasteiger partial charge is 0.237 e. The van der Waals surface area contributed by atoms with Crippen molar-refractivity contribution in [1.82, 2.24) is 9.97 Å². The van der Waals surface area contributed by atoms with Crippen LogP contribution in [-0.4, -0.2) is 42.5 Å². The number of aromatic amines is 1. The number of amides is 1. The number of rotatable bonds is 10. The fourth-order valence-corrected chi connectivity index (χ4v) is 4.59. The number of methoxy groups -OCH3 is 3. The average molecular weight is 504 g/mol. The lowest BCUT2D eigenvalue weighted by Crippen LogP contribution is -2.24. The first-order valence-corrected chi connectivity index (χ1v) is 12.4. The van der Waals surface area contributed by atoms with Crippen molar-refractivity contribution in [3.05, 3.63) is 72.8 Å². The average Bonchev–Trinajstić information content (AvgIpc) is 3.36. The molecule has 1 amide bonds. The van der Waals surface area contributed by atoms with Crippen molar-refractivity contribution >= 4 is 23.4 Å². The molecular weight excluding hydrogens is 474 g/mol. The minimum absolute atomic E-state index is 0.0824. The van der Waals surface area contributed by atoms with Gasteiger partial charge in [-0.2, -0.15) is 0 Å². The van der Waals surface area contributed by atoms with Gasteiger partial charge in [-0.25, -0.2) is 4.98 Å². The first kappa shape index (κ1) is 25.2. The van der Waals surface area contributed by atoms with E-state index >= 15 is 0 Å². The highest BCUT2D eigenvalue weighted by Gasteiger charge is 2.22. The molecule has 1 heterocycles. The second-order valence-corrected chi connectivity index (χ2v) is 9.15. The van der Waals surface area contributed by atoms with Crippen LogP contribution in [0.25, 0.3) is 22.5 Å². The Bertz CT molecular complexity index is 1220. The lowest BCUT2D eigenvalue weighted by Gasteiger charge is -2.13. The molecule has 4 aromatic rings. The third kappa shape index (κ3) is 5.83. The van der Waals surface area contributed by atoms with Gasteiger partial charge < -0.3 is 24.5 Å². The highest BCUT2D eigenvalue weighted by molar-refractivity contribution is 8.00. The number of imidazole rings is 1. The molecular formula is C28H29N3O4S. The van der Waals surface area contributed by atoms with Gasteiger partial charge in [0, 0.05) is 16.8 Å². The maximum absolute atomic E-state index is 13.0. The Morgan fingerprint density at radius 2 is 1.33 bits per heavy atom. The van der Waals surface area contributed by atoms with Gasteiger partial charge in [-0.1, -0.05) is 18.7 Å². The van der Waals surface area contributed by atoms with Crippen molar-refractivity contribution < 1.29 is 19.0 Å². The van der Waals surface area contributed by atoms with E-state index in [1.165, 1.54) is 11.8 Å². The first-order valence-electron chi connectivity index (χ1n) is 11.5. The Morgan fingerprint density at radius 3 is 1.83 bits per heavy atom. The molecule has 0 aliphatic heterocycles. The highest BCUT2D eigenvalue weighted by Crippen LogP contribution is 2.36. The Kier molecular flexibility index (Phi) is 8.17. The highest BCUT2D eigenvalue weighted by atomic mass is 32.2. The van der Waals surface area contributed by atoms with E-state index in [0.717, 1.165) is 45.5 Å². The normalized spacial score (nSPS) is 11.6. The summed E-state index contributed by atoms with van der Waals surface area (Å²) in [5.74, 6) is 2.21. The van der Waals surface area contributed by atoms with Crippen molar-refractivity contribution in [2.75, 3.05) is 26.6 Å². The number of carbonyl (C=O) groups excluding carboxylic acids is 1. The van der Waals surface area contributed by atoms with Crippen LogP contribution >= 0.6 is 11.8 Å². The number of ether oxygens (including phenoxy) is 3. The molecule has 2 N–H and O–H groups in total. The summed E-state index contributed by atoms with van der Waals surface area (Å²) in [4.78, 5) is 21.4. The largest absolute Gasteiger partial charge is 0.497 e. The molecule has 1 atom stereocenters. The standard InChI is InChI=1S/C28H29N3O4S/c1-5-24(27(32)29-20-10-16-23(35-4)17-11-20)36-28-30-25(18-6-12-21(33-2)13-7-18)26(31-28)19-8-14-22(34-3)15-9-19/h6-17,24H,5H2,1-4H3,(H,29,32)(H,30,31). The molecule has 0 fully saturated rings. The number of anilines is 1. The number of thioether (sulfide) groups is 1. The number of nitrogens with zero attached hydrogens (tertiary/aromatic N) is 1. The molecule has 0 saturated heterocycles. The van der Waals surface area contributed by atoms with E-state index in [2.05, 4.69) is 10.3 Å². The van der Waals surface area contributed by atoms with Crippen molar-refractivity contribution in [3.8, 4) is 39.8 Å². The van der Waals surface area contributed by atoms with E-state index in [-0.39, 0.29) is 11.2 Å². The molecule has 0 saturated carbocycles. The summed E-state index contributed by atoms with van der Waals surface area (Å²) in [6.07, 6.45) is 0.642. The van der Waals surface area contributed by atoms with E-state index in [1.54, 1.807) is 21.3 Å². The molecule has 3 aromatic carbocycles. The van der Waals surface area contributed by atoms with Crippen LogP contribution in [0.3, 0.4) is 0 Å². The molecule has 4 rings (SSSR count). The molecule has 7 nitrogen and oxygen atoms in total. The monoisotopic (exact) mass is 503 g/mol. The number of H-pyrrole nitrogens is 1. The molecule has 0 aliphatic rings. The summed E-state index contributed by atoms with van der Waals surface area (Å²) >= 11 is 1.41. The zero-order chi connectivity index (χ0) is 25.5. The number of aromatic nitrogens is 2. The summed E-state index contributed by atoms with van der Waals surface area (Å²) in [5.41, 5.74) is 4.31. The predicted molar refractivity (Wildman–Crippen MR) is 144 cm³/mol. The maximum Gasteiger partial charge on any atom is 0.237 e. The lowest BCUT2D eigenvalue weighted by molar-refractivity contribution is -0.115. The quantitative estimate of drug-likeness (QED) is 0.248. The van der Waals surface area contributed by atoms with Gasteiger partial charge in [0.25, 0.3) is 0 Å². The molecule has 0 aliphatic carbocycles. The molecule has 0 spiro atoms. The Labute approximate surface area is 215 Å². The number of nitrogens with one attached hydrogen (secondary N) is 2. The van der Waals surface area contributed by atoms with Crippen LogP contribution in [0, 0.1) is 0 Å². The summed E-state index contributed by atoms with van der Waals surface area (Å²) in [6.45, 7) is 1.99.